The summed E-state index contributed by atoms with van der Waals surface area (Å²) in [5, 5.41) is 4.52. The van der Waals surface area contributed by atoms with Gasteiger partial charge in [0, 0.05) is 11.8 Å². The van der Waals surface area contributed by atoms with Gasteiger partial charge in [0.1, 0.15) is 0 Å². The molecule has 4 nitrogen and oxygen atoms in total. The zero-order valence-electron chi connectivity index (χ0n) is 8.15. The maximum atomic E-state index is 13.3. The average molecular weight is 250 g/mol. The van der Waals surface area contributed by atoms with Gasteiger partial charge in [-0.3, -0.25) is 0 Å². The minimum atomic E-state index is -4.57. The van der Waals surface area contributed by atoms with Crippen LogP contribution in [0.1, 0.15) is 15.9 Å². The zero-order valence-corrected chi connectivity index (χ0v) is 8.96. The van der Waals surface area contributed by atoms with Crippen molar-refractivity contribution >= 4 is 15.8 Å². The van der Waals surface area contributed by atoms with Crippen LogP contribution in [0.25, 0.3) is 0 Å². The number of alkyl halides is 2. The SMILES string of the molecule is CS(=O)(=O)C(F)(F)c1ccc(C(=O)O)cc1. The highest BCUT2D eigenvalue weighted by Gasteiger charge is 2.43. The maximum absolute atomic E-state index is 13.3. The van der Waals surface area contributed by atoms with Gasteiger partial charge in [0.2, 0.25) is 9.84 Å². The van der Waals surface area contributed by atoms with Crippen LogP contribution in [0.3, 0.4) is 0 Å². The monoisotopic (exact) mass is 250 g/mol. The molecular formula is C9H8F2O4S. The van der Waals surface area contributed by atoms with E-state index in [9.17, 15) is 22.0 Å². The molecule has 0 bridgehead atoms. The molecule has 1 aromatic rings. The van der Waals surface area contributed by atoms with E-state index in [1.807, 2.05) is 0 Å². The highest BCUT2D eigenvalue weighted by atomic mass is 32.2. The molecule has 0 fully saturated rings. The van der Waals surface area contributed by atoms with E-state index in [0.717, 1.165) is 24.3 Å². The number of hydrogen-bond donors (Lipinski definition) is 1. The average Bonchev–Trinajstić information content (AvgIpc) is 2.16. The van der Waals surface area contributed by atoms with Crippen molar-refractivity contribution in [3.05, 3.63) is 35.4 Å². The molecule has 16 heavy (non-hydrogen) atoms. The zero-order chi connectivity index (χ0) is 12.6. The van der Waals surface area contributed by atoms with Crippen LogP contribution in [0.4, 0.5) is 8.78 Å². The lowest BCUT2D eigenvalue weighted by atomic mass is 10.1. The van der Waals surface area contributed by atoms with Gasteiger partial charge < -0.3 is 5.11 Å². The Hall–Kier alpha value is -1.50. The van der Waals surface area contributed by atoms with Crippen molar-refractivity contribution < 1.29 is 27.1 Å². The molecule has 7 heteroatoms. The molecule has 0 atom stereocenters. The Morgan fingerprint density at radius 1 is 1.25 bits per heavy atom. The minimum absolute atomic E-state index is 0.187. The standard InChI is InChI=1S/C9H8F2O4S/c1-16(14,15)9(10,11)7-4-2-6(3-5-7)8(12)13/h2-5H,1H3,(H,12,13). The molecule has 0 aromatic heterocycles. The summed E-state index contributed by atoms with van der Waals surface area (Å²) in [6.45, 7) is 0. The predicted molar refractivity (Wildman–Crippen MR) is 52.1 cm³/mol. The Balaban J connectivity index is 3.22. The van der Waals surface area contributed by atoms with Crippen LogP contribution in [0.2, 0.25) is 0 Å². The highest BCUT2D eigenvalue weighted by Crippen LogP contribution is 2.33. The Labute approximate surface area is 90.4 Å². The number of carboxylic acid groups (broad SMARTS) is 1. The smallest absolute Gasteiger partial charge is 0.370 e. The molecule has 0 unspecified atom stereocenters. The number of carbonyl (C=O) groups is 1. The van der Waals surface area contributed by atoms with Crippen molar-refractivity contribution in [1.82, 2.24) is 0 Å². The number of carboxylic acids is 1. The summed E-state index contributed by atoms with van der Waals surface area (Å²) in [5.74, 6) is -1.27. The molecule has 0 aliphatic rings. The molecule has 1 rings (SSSR count). The number of benzene rings is 1. The van der Waals surface area contributed by atoms with Crippen molar-refractivity contribution in [2.45, 2.75) is 5.25 Å². The molecule has 0 radical (unpaired) electrons. The summed E-state index contributed by atoms with van der Waals surface area (Å²) in [6, 6.07) is 3.42. The van der Waals surface area contributed by atoms with Gasteiger partial charge in [0.05, 0.1) is 5.56 Å². The Morgan fingerprint density at radius 2 is 1.69 bits per heavy atom. The fourth-order valence-corrected chi connectivity index (χ4v) is 1.59. The van der Waals surface area contributed by atoms with Crippen LogP contribution in [-0.2, 0) is 15.1 Å². The first kappa shape index (κ1) is 12.6. The molecule has 0 spiro atoms. The predicted octanol–water partition coefficient (Wildman–Crippen LogP) is 1.48. The van der Waals surface area contributed by atoms with E-state index < -0.39 is 26.6 Å². The first-order valence-corrected chi connectivity index (χ1v) is 5.96. The van der Waals surface area contributed by atoms with Crippen molar-refractivity contribution in [2.75, 3.05) is 6.26 Å². The lowest BCUT2D eigenvalue weighted by molar-refractivity contribution is 0.0695. The summed E-state index contributed by atoms with van der Waals surface area (Å²) >= 11 is 0. The van der Waals surface area contributed by atoms with Gasteiger partial charge in [-0.15, -0.1) is 0 Å². The number of rotatable bonds is 3. The Bertz CT molecular complexity index is 505. The van der Waals surface area contributed by atoms with Crippen LogP contribution in [0, 0.1) is 0 Å². The molecule has 0 saturated heterocycles. The summed E-state index contributed by atoms with van der Waals surface area (Å²) in [4.78, 5) is 10.5. The van der Waals surface area contributed by atoms with Crippen LogP contribution in [-0.4, -0.2) is 25.7 Å². The highest BCUT2D eigenvalue weighted by molar-refractivity contribution is 7.91. The van der Waals surface area contributed by atoms with Crippen molar-refractivity contribution in [3.63, 3.8) is 0 Å². The topological polar surface area (TPSA) is 71.4 Å². The molecule has 0 aliphatic heterocycles. The third kappa shape index (κ3) is 2.19. The first-order chi connectivity index (χ1) is 7.16. The van der Waals surface area contributed by atoms with Crippen LogP contribution >= 0.6 is 0 Å². The van der Waals surface area contributed by atoms with Crippen molar-refractivity contribution in [3.8, 4) is 0 Å². The molecule has 1 N–H and O–H groups in total. The number of aromatic carboxylic acids is 1. The van der Waals surface area contributed by atoms with Crippen LogP contribution < -0.4 is 0 Å². The lowest BCUT2D eigenvalue weighted by Crippen LogP contribution is -2.24. The second kappa shape index (κ2) is 3.82. The quantitative estimate of drug-likeness (QED) is 0.881. The normalized spacial score (nSPS) is 12.4. The molecule has 0 aliphatic carbocycles. The van der Waals surface area contributed by atoms with Crippen molar-refractivity contribution in [2.24, 2.45) is 0 Å². The largest absolute Gasteiger partial charge is 0.478 e. The second-order valence-electron chi connectivity index (χ2n) is 3.17. The number of halogens is 2. The Kier molecular flexibility index (Phi) is 3.00. The van der Waals surface area contributed by atoms with Gasteiger partial charge in [-0.1, -0.05) is 12.1 Å². The number of hydrogen-bond acceptors (Lipinski definition) is 3. The molecule has 1 aromatic carbocycles. The van der Waals surface area contributed by atoms with Crippen molar-refractivity contribution in [1.29, 1.82) is 0 Å². The molecule has 0 saturated carbocycles. The molecule has 0 heterocycles. The van der Waals surface area contributed by atoms with E-state index in [-0.39, 0.29) is 5.56 Å². The fraction of sp³-hybridized carbons (Fsp3) is 0.222. The maximum Gasteiger partial charge on any atom is 0.370 e. The van der Waals surface area contributed by atoms with Crippen LogP contribution in [0.5, 0.6) is 0 Å². The second-order valence-corrected chi connectivity index (χ2v) is 5.23. The van der Waals surface area contributed by atoms with E-state index in [2.05, 4.69) is 0 Å². The summed E-state index contributed by atoms with van der Waals surface area (Å²) in [5.41, 5.74) is -0.937. The van der Waals surface area contributed by atoms with Gasteiger partial charge in [-0.05, 0) is 12.1 Å². The molecule has 88 valence electrons. The summed E-state index contributed by atoms with van der Waals surface area (Å²) < 4.78 is 48.1. The third-order valence-corrected chi connectivity index (χ3v) is 3.10. The van der Waals surface area contributed by atoms with Gasteiger partial charge in [-0.25, -0.2) is 13.2 Å². The van der Waals surface area contributed by atoms with Gasteiger partial charge in [-0.2, -0.15) is 8.78 Å². The number of sulfone groups is 1. The molecular weight excluding hydrogens is 242 g/mol. The van der Waals surface area contributed by atoms with Gasteiger partial charge in [0.25, 0.3) is 0 Å². The third-order valence-electron chi connectivity index (χ3n) is 1.93. The van der Waals surface area contributed by atoms with E-state index >= 15 is 0 Å². The fourth-order valence-electron chi connectivity index (χ4n) is 1.02. The van der Waals surface area contributed by atoms with Gasteiger partial charge in [0.15, 0.2) is 0 Å². The van der Waals surface area contributed by atoms with E-state index in [0.29, 0.717) is 6.26 Å². The summed E-state index contributed by atoms with van der Waals surface area (Å²) in [7, 11) is -4.57. The van der Waals surface area contributed by atoms with E-state index in [1.54, 1.807) is 0 Å². The minimum Gasteiger partial charge on any atom is -0.478 e. The Morgan fingerprint density at radius 3 is 2.00 bits per heavy atom. The molecule has 0 amide bonds. The first-order valence-electron chi connectivity index (χ1n) is 4.07. The van der Waals surface area contributed by atoms with E-state index in [4.69, 9.17) is 5.11 Å². The summed E-state index contributed by atoms with van der Waals surface area (Å²) in [6.07, 6.45) is 0.415. The van der Waals surface area contributed by atoms with Gasteiger partial charge >= 0.3 is 11.2 Å². The van der Waals surface area contributed by atoms with Crippen LogP contribution in [0.15, 0.2) is 24.3 Å². The lowest BCUT2D eigenvalue weighted by Gasteiger charge is -2.14. The van der Waals surface area contributed by atoms with E-state index in [1.165, 1.54) is 0 Å².